The number of methoxy groups -OCH3 is 1. The van der Waals surface area contributed by atoms with E-state index in [4.69, 9.17) is 20.5 Å². The second kappa shape index (κ2) is 6.73. The van der Waals surface area contributed by atoms with Crippen LogP contribution in [0.5, 0.6) is 11.5 Å². The minimum atomic E-state index is -0.893. The number of nitrogens with two attached hydrogens (primary N) is 1. The van der Waals surface area contributed by atoms with Crippen molar-refractivity contribution < 1.29 is 14.4 Å². The summed E-state index contributed by atoms with van der Waals surface area (Å²) < 4.78 is 10.5. The van der Waals surface area contributed by atoms with Crippen molar-refractivity contribution in [3.63, 3.8) is 0 Å². The number of nitro benzene ring substituents is 1. The van der Waals surface area contributed by atoms with Crippen LogP contribution in [-0.2, 0) is 0 Å². The van der Waals surface area contributed by atoms with E-state index in [1.165, 1.54) is 25.3 Å². The molecule has 0 radical (unpaired) electrons. The summed E-state index contributed by atoms with van der Waals surface area (Å²) in [6, 6.07) is 6.13. The second-order valence-corrected chi connectivity index (χ2v) is 4.57. The molecule has 20 heavy (non-hydrogen) atoms. The van der Waals surface area contributed by atoms with Gasteiger partial charge in [0, 0.05) is 6.07 Å². The lowest BCUT2D eigenvalue weighted by atomic mass is 10.00. The van der Waals surface area contributed by atoms with Gasteiger partial charge in [-0.25, -0.2) is 0 Å². The fraction of sp³-hybridized carbons (Fsp3) is 0.462. The molecular weight excluding hydrogens is 262 g/mol. The van der Waals surface area contributed by atoms with E-state index < -0.39 is 10.5 Å². The fourth-order valence-electron chi connectivity index (χ4n) is 1.57. The lowest BCUT2D eigenvalue weighted by Gasteiger charge is -2.15. The van der Waals surface area contributed by atoms with Crippen LogP contribution in [0.3, 0.4) is 0 Å². The number of nitriles is 1. The zero-order chi connectivity index (χ0) is 15.2. The van der Waals surface area contributed by atoms with E-state index in [2.05, 4.69) is 0 Å². The summed E-state index contributed by atoms with van der Waals surface area (Å²) in [4.78, 5) is 10.2. The van der Waals surface area contributed by atoms with Crippen molar-refractivity contribution in [1.29, 1.82) is 5.26 Å². The highest BCUT2D eigenvalue weighted by molar-refractivity contribution is 5.48. The smallest absolute Gasteiger partial charge is 0.273 e. The van der Waals surface area contributed by atoms with Gasteiger partial charge in [-0.3, -0.25) is 10.1 Å². The zero-order valence-corrected chi connectivity index (χ0v) is 11.5. The molecule has 0 aliphatic carbocycles. The van der Waals surface area contributed by atoms with Crippen molar-refractivity contribution >= 4 is 5.69 Å². The summed E-state index contributed by atoms with van der Waals surface area (Å²) in [6.45, 7) is 1.94. The Morgan fingerprint density at radius 2 is 2.20 bits per heavy atom. The summed E-state index contributed by atoms with van der Waals surface area (Å²) in [5, 5.41) is 19.5. The highest BCUT2D eigenvalue weighted by Crippen LogP contribution is 2.31. The van der Waals surface area contributed by atoms with Gasteiger partial charge in [0.05, 0.1) is 30.8 Å². The molecule has 1 aromatic carbocycles. The maximum Gasteiger partial charge on any atom is 0.273 e. The van der Waals surface area contributed by atoms with E-state index in [-0.39, 0.29) is 5.69 Å². The van der Waals surface area contributed by atoms with Crippen LogP contribution in [0.4, 0.5) is 5.69 Å². The number of nitro groups is 1. The van der Waals surface area contributed by atoms with Crippen LogP contribution in [0.1, 0.15) is 19.8 Å². The van der Waals surface area contributed by atoms with Gasteiger partial charge >= 0.3 is 0 Å². The van der Waals surface area contributed by atoms with E-state index in [1.807, 2.05) is 6.07 Å². The first kappa shape index (κ1) is 15.7. The van der Waals surface area contributed by atoms with E-state index in [0.29, 0.717) is 30.9 Å². The van der Waals surface area contributed by atoms with Crippen molar-refractivity contribution in [2.75, 3.05) is 13.7 Å². The Morgan fingerprint density at radius 1 is 1.50 bits per heavy atom. The SMILES string of the molecule is COc1ccc([N+](=O)[O-])cc1OCCCC(C)(N)C#N. The molecule has 1 unspecified atom stereocenters. The van der Waals surface area contributed by atoms with Gasteiger partial charge in [-0.05, 0) is 25.8 Å². The fourth-order valence-corrected chi connectivity index (χ4v) is 1.57. The van der Waals surface area contributed by atoms with E-state index in [0.717, 1.165) is 0 Å². The Morgan fingerprint density at radius 3 is 2.75 bits per heavy atom. The number of non-ortho nitro benzene ring substituents is 1. The molecule has 0 heterocycles. The second-order valence-electron chi connectivity index (χ2n) is 4.57. The standard InChI is InChI=1S/C13H17N3O4/c1-13(15,9-14)6-3-7-20-12-8-10(16(17)18)4-5-11(12)19-2/h4-5,8H,3,6-7,15H2,1-2H3. The van der Waals surface area contributed by atoms with Gasteiger partial charge in [-0.2, -0.15) is 5.26 Å². The van der Waals surface area contributed by atoms with Gasteiger partial charge in [-0.15, -0.1) is 0 Å². The normalized spacial score (nSPS) is 13.1. The van der Waals surface area contributed by atoms with Gasteiger partial charge in [0.2, 0.25) is 0 Å². The van der Waals surface area contributed by atoms with Crippen molar-refractivity contribution in [3.05, 3.63) is 28.3 Å². The molecule has 7 heteroatoms. The predicted octanol–water partition coefficient (Wildman–Crippen LogP) is 2.00. The lowest BCUT2D eigenvalue weighted by molar-refractivity contribution is -0.385. The topological polar surface area (TPSA) is 111 Å². The number of hydrogen-bond acceptors (Lipinski definition) is 6. The first-order valence-corrected chi connectivity index (χ1v) is 6.05. The van der Waals surface area contributed by atoms with E-state index in [1.54, 1.807) is 6.92 Å². The van der Waals surface area contributed by atoms with Crippen LogP contribution in [0.15, 0.2) is 18.2 Å². The average Bonchev–Trinajstić information content (AvgIpc) is 2.43. The van der Waals surface area contributed by atoms with E-state index >= 15 is 0 Å². The molecule has 0 saturated heterocycles. The Balaban J connectivity index is 2.65. The van der Waals surface area contributed by atoms with Crippen molar-refractivity contribution in [2.24, 2.45) is 5.73 Å². The molecule has 0 bridgehead atoms. The Hall–Kier alpha value is -2.33. The highest BCUT2D eigenvalue weighted by Gasteiger charge is 2.17. The van der Waals surface area contributed by atoms with E-state index in [9.17, 15) is 10.1 Å². The number of hydrogen-bond donors (Lipinski definition) is 1. The predicted molar refractivity (Wildman–Crippen MR) is 72.6 cm³/mol. The molecule has 0 aliphatic heterocycles. The molecule has 108 valence electrons. The molecular formula is C13H17N3O4. The summed E-state index contributed by atoms with van der Waals surface area (Å²) in [7, 11) is 1.46. The molecule has 2 N–H and O–H groups in total. The van der Waals surface area contributed by atoms with Crippen LogP contribution in [0.2, 0.25) is 0 Å². The molecule has 1 rings (SSSR count). The van der Waals surface area contributed by atoms with Gasteiger partial charge in [-0.1, -0.05) is 0 Å². The summed E-state index contributed by atoms with van der Waals surface area (Å²) in [5.74, 6) is 0.726. The largest absolute Gasteiger partial charge is 0.493 e. The van der Waals surface area contributed by atoms with Gasteiger partial charge < -0.3 is 15.2 Å². The van der Waals surface area contributed by atoms with Crippen LogP contribution < -0.4 is 15.2 Å². The molecule has 1 aromatic rings. The monoisotopic (exact) mass is 279 g/mol. The van der Waals surface area contributed by atoms with Gasteiger partial charge in [0.1, 0.15) is 5.54 Å². The van der Waals surface area contributed by atoms with Gasteiger partial charge in [0.15, 0.2) is 11.5 Å². The summed E-state index contributed by atoms with van der Waals surface area (Å²) in [6.07, 6.45) is 1.03. The maximum absolute atomic E-state index is 10.7. The van der Waals surface area contributed by atoms with Crippen LogP contribution in [0.25, 0.3) is 0 Å². The Bertz CT molecular complexity index is 523. The highest BCUT2D eigenvalue weighted by atomic mass is 16.6. The Kier molecular flexibility index (Phi) is 5.29. The number of ether oxygens (including phenoxy) is 2. The number of nitrogens with zero attached hydrogens (tertiary/aromatic N) is 2. The molecule has 0 aromatic heterocycles. The molecule has 0 aliphatic rings. The average molecular weight is 279 g/mol. The van der Waals surface area contributed by atoms with Crippen LogP contribution >= 0.6 is 0 Å². The first-order valence-electron chi connectivity index (χ1n) is 6.05. The van der Waals surface area contributed by atoms with Crippen molar-refractivity contribution in [1.82, 2.24) is 0 Å². The molecule has 7 nitrogen and oxygen atoms in total. The lowest BCUT2D eigenvalue weighted by Crippen LogP contribution is -2.34. The van der Waals surface area contributed by atoms with Crippen LogP contribution in [-0.4, -0.2) is 24.2 Å². The summed E-state index contributed by atoms with van der Waals surface area (Å²) in [5.41, 5.74) is 4.72. The molecule has 0 fully saturated rings. The van der Waals surface area contributed by atoms with Gasteiger partial charge in [0.25, 0.3) is 5.69 Å². The molecule has 0 spiro atoms. The third kappa shape index (κ3) is 4.40. The zero-order valence-electron chi connectivity index (χ0n) is 11.5. The van der Waals surface area contributed by atoms with Crippen molar-refractivity contribution in [3.8, 4) is 17.6 Å². The number of benzene rings is 1. The van der Waals surface area contributed by atoms with Crippen LogP contribution in [0, 0.1) is 21.4 Å². The Labute approximate surface area is 117 Å². The third-order valence-corrected chi connectivity index (χ3v) is 2.71. The maximum atomic E-state index is 10.7. The van der Waals surface area contributed by atoms with Crippen molar-refractivity contribution in [2.45, 2.75) is 25.3 Å². The third-order valence-electron chi connectivity index (χ3n) is 2.71. The summed E-state index contributed by atoms with van der Waals surface area (Å²) >= 11 is 0. The quantitative estimate of drug-likeness (QED) is 0.464. The molecule has 1 atom stereocenters. The molecule has 0 saturated carbocycles. The minimum absolute atomic E-state index is 0.0681. The minimum Gasteiger partial charge on any atom is -0.493 e. The first-order chi connectivity index (χ1) is 9.39. The number of rotatable bonds is 7. The molecule has 0 amide bonds.